The van der Waals surface area contributed by atoms with Gasteiger partial charge in [-0.05, 0) is 49.5 Å². The highest BCUT2D eigenvalue weighted by Crippen LogP contribution is 2.34. The second kappa shape index (κ2) is 5.59. The zero-order chi connectivity index (χ0) is 15.2. The summed E-state index contributed by atoms with van der Waals surface area (Å²) in [6.45, 7) is 4.88. The van der Waals surface area contributed by atoms with Crippen LogP contribution in [0.1, 0.15) is 18.4 Å². The Balaban J connectivity index is 1.37. The average molecular weight is 322 g/mol. The first-order valence-corrected chi connectivity index (χ1v) is 9.54. The number of fused-ring (bicyclic) bond motifs is 6. The van der Waals surface area contributed by atoms with Gasteiger partial charge in [0.15, 0.2) is 0 Å². The Morgan fingerprint density at radius 2 is 1.83 bits per heavy atom. The van der Waals surface area contributed by atoms with Gasteiger partial charge in [0.2, 0.25) is 0 Å². The molecule has 1 aromatic heterocycles. The summed E-state index contributed by atoms with van der Waals surface area (Å²) in [5.74, 6) is 0.896. The SMILES string of the molecule is c1ccc2c(c1)sc1cc(CNC3CN4CCC3CC4)ccc12. The maximum Gasteiger partial charge on any atom is 0.0358 e. The third-order valence-electron chi connectivity index (χ3n) is 5.67. The first kappa shape index (κ1) is 14.0. The van der Waals surface area contributed by atoms with Gasteiger partial charge in [0.05, 0.1) is 0 Å². The van der Waals surface area contributed by atoms with E-state index in [1.54, 1.807) is 0 Å². The zero-order valence-electron chi connectivity index (χ0n) is 13.3. The van der Waals surface area contributed by atoms with Crippen LogP contribution in [0.5, 0.6) is 0 Å². The third-order valence-corrected chi connectivity index (χ3v) is 6.80. The van der Waals surface area contributed by atoms with E-state index < -0.39 is 0 Å². The number of rotatable bonds is 3. The molecule has 0 spiro atoms. The molecule has 3 heteroatoms. The fourth-order valence-electron chi connectivity index (χ4n) is 4.33. The number of benzene rings is 2. The molecule has 3 fully saturated rings. The third kappa shape index (κ3) is 2.47. The smallest absolute Gasteiger partial charge is 0.0358 e. The molecule has 23 heavy (non-hydrogen) atoms. The molecule has 1 N–H and O–H groups in total. The van der Waals surface area contributed by atoms with E-state index in [9.17, 15) is 0 Å². The Kier molecular flexibility index (Phi) is 3.39. The summed E-state index contributed by atoms with van der Waals surface area (Å²) in [5, 5.41) is 6.62. The van der Waals surface area contributed by atoms with E-state index in [2.05, 4.69) is 52.7 Å². The van der Waals surface area contributed by atoms with Gasteiger partial charge in [-0.2, -0.15) is 0 Å². The maximum absolute atomic E-state index is 3.83. The van der Waals surface area contributed by atoms with Gasteiger partial charge in [-0.3, -0.25) is 0 Å². The lowest BCUT2D eigenvalue weighted by atomic mass is 9.84. The van der Waals surface area contributed by atoms with Crippen LogP contribution in [0.2, 0.25) is 0 Å². The first-order valence-electron chi connectivity index (χ1n) is 8.73. The minimum atomic E-state index is 0.690. The van der Waals surface area contributed by atoms with Crippen LogP contribution in [0.15, 0.2) is 42.5 Å². The Morgan fingerprint density at radius 1 is 1.00 bits per heavy atom. The van der Waals surface area contributed by atoms with Crippen LogP contribution in [-0.4, -0.2) is 30.6 Å². The number of hydrogen-bond donors (Lipinski definition) is 1. The number of thiophene rings is 1. The maximum atomic E-state index is 3.83. The summed E-state index contributed by atoms with van der Waals surface area (Å²) < 4.78 is 2.81. The van der Waals surface area contributed by atoms with E-state index in [0.29, 0.717) is 6.04 Å². The molecule has 6 rings (SSSR count). The molecule has 3 aliphatic rings. The van der Waals surface area contributed by atoms with Crippen LogP contribution in [0, 0.1) is 5.92 Å². The van der Waals surface area contributed by atoms with Crippen LogP contribution in [-0.2, 0) is 6.54 Å². The molecule has 0 saturated carbocycles. The largest absolute Gasteiger partial charge is 0.308 e. The fraction of sp³-hybridized carbons (Fsp3) is 0.400. The summed E-state index contributed by atoms with van der Waals surface area (Å²) in [6.07, 6.45) is 2.76. The van der Waals surface area contributed by atoms with Crippen LogP contribution in [0.4, 0.5) is 0 Å². The number of hydrogen-bond acceptors (Lipinski definition) is 3. The molecule has 0 amide bonds. The van der Waals surface area contributed by atoms with Crippen molar-refractivity contribution in [1.29, 1.82) is 0 Å². The molecule has 4 heterocycles. The lowest BCUT2D eigenvalue weighted by Crippen LogP contribution is -2.55. The van der Waals surface area contributed by atoms with Crippen molar-refractivity contribution in [2.24, 2.45) is 5.92 Å². The van der Waals surface area contributed by atoms with Crippen molar-refractivity contribution in [3.63, 3.8) is 0 Å². The van der Waals surface area contributed by atoms with Crippen LogP contribution >= 0.6 is 11.3 Å². The van der Waals surface area contributed by atoms with Crippen molar-refractivity contribution in [3.05, 3.63) is 48.0 Å². The van der Waals surface area contributed by atoms with Crippen molar-refractivity contribution >= 4 is 31.5 Å². The van der Waals surface area contributed by atoms with Gasteiger partial charge in [0.25, 0.3) is 0 Å². The topological polar surface area (TPSA) is 15.3 Å². The van der Waals surface area contributed by atoms with E-state index in [1.165, 1.54) is 58.2 Å². The number of piperidine rings is 3. The summed E-state index contributed by atoms with van der Waals surface area (Å²) in [7, 11) is 0. The van der Waals surface area contributed by atoms with E-state index >= 15 is 0 Å². The van der Waals surface area contributed by atoms with Gasteiger partial charge in [-0.15, -0.1) is 11.3 Å². The Bertz CT molecular complexity index is 845. The zero-order valence-corrected chi connectivity index (χ0v) is 14.1. The Labute approximate surface area is 141 Å². The second-order valence-electron chi connectivity index (χ2n) is 7.05. The highest BCUT2D eigenvalue weighted by atomic mass is 32.1. The molecule has 3 aliphatic heterocycles. The Hall–Kier alpha value is -1.42. The van der Waals surface area contributed by atoms with Gasteiger partial charge in [0, 0.05) is 39.3 Å². The van der Waals surface area contributed by atoms with E-state index in [1.807, 2.05) is 11.3 Å². The molecule has 2 aromatic carbocycles. The molecule has 3 saturated heterocycles. The molecule has 0 aliphatic carbocycles. The first-order chi connectivity index (χ1) is 11.4. The highest BCUT2D eigenvalue weighted by Gasteiger charge is 2.33. The summed E-state index contributed by atoms with van der Waals surface area (Å²) in [5.41, 5.74) is 1.42. The predicted molar refractivity (Wildman–Crippen MR) is 99.1 cm³/mol. The molecule has 2 bridgehead atoms. The minimum absolute atomic E-state index is 0.690. The van der Waals surface area contributed by atoms with Crippen LogP contribution in [0.3, 0.4) is 0 Å². The van der Waals surface area contributed by atoms with Crippen molar-refractivity contribution in [1.82, 2.24) is 10.2 Å². The van der Waals surface area contributed by atoms with Crippen molar-refractivity contribution in [2.45, 2.75) is 25.4 Å². The predicted octanol–water partition coefficient (Wildman–Crippen LogP) is 4.24. The molecular formula is C20H22N2S. The number of nitrogens with zero attached hydrogens (tertiary/aromatic N) is 1. The number of nitrogens with one attached hydrogen (secondary N) is 1. The van der Waals surface area contributed by atoms with E-state index in [0.717, 1.165) is 12.5 Å². The molecular weight excluding hydrogens is 300 g/mol. The van der Waals surface area contributed by atoms with Crippen LogP contribution < -0.4 is 5.32 Å². The second-order valence-corrected chi connectivity index (χ2v) is 8.14. The standard InChI is InChI=1S/C20H22N2S/c1-2-4-19-16(3-1)17-6-5-14(11-20(17)23-19)12-21-18-13-22-9-7-15(18)8-10-22/h1-6,11,15,18,21H,7-10,12-13H2. The molecule has 1 unspecified atom stereocenters. The van der Waals surface area contributed by atoms with Gasteiger partial charge >= 0.3 is 0 Å². The van der Waals surface area contributed by atoms with Crippen molar-refractivity contribution in [3.8, 4) is 0 Å². The highest BCUT2D eigenvalue weighted by molar-refractivity contribution is 7.25. The minimum Gasteiger partial charge on any atom is -0.308 e. The van der Waals surface area contributed by atoms with Gasteiger partial charge in [-0.1, -0.05) is 30.3 Å². The molecule has 1 atom stereocenters. The molecule has 0 radical (unpaired) electrons. The van der Waals surface area contributed by atoms with Crippen molar-refractivity contribution in [2.75, 3.05) is 19.6 Å². The monoisotopic (exact) mass is 322 g/mol. The van der Waals surface area contributed by atoms with Crippen LogP contribution in [0.25, 0.3) is 20.2 Å². The van der Waals surface area contributed by atoms with Crippen molar-refractivity contribution < 1.29 is 0 Å². The quantitative estimate of drug-likeness (QED) is 0.776. The molecule has 3 aromatic rings. The van der Waals surface area contributed by atoms with Gasteiger partial charge in [-0.25, -0.2) is 0 Å². The van der Waals surface area contributed by atoms with E-state index in [4.69, 9.17) is 0 Å². The summed E-state index contributed by atoms with van der Waals surface area (Å²) in [6, 6.07) is 16.4. The van der Waals surface area contributed by atoms with Gasteiger partial charge in [0.1, 0.15) is 0 Å². The summed E-state index contributed by atoms with van der Waals surface area (Å²) >= 11 is 1.91. The fourth-order valence-corrected chi connectivity index (χ4v) is 5.50. The van der Waals surface area contributed by atoms with E-state index in [-0.39, 0.29) is 0 Å². The molecule has 118 valence electrons. The summed E-state index contributed by atoms with van der Waals surface area (Å²) in [4.78, 5) is 2.62. The lowest BCUT2D eigenvalue weighted by Gasteiger charge is -2.45. The van der Waals surface area contributed by atoms with Gasteiger partial charge < -0.3 is 10.2 Å². The normalized spacial score (nSPS) is 27.0. The lowest BCUT2D eigenvalue weighted by molar-refractivity contribution is 0.0720. The Morgan fingerprint density at radius 3 is 2.65 bits per heavy atom. The average Bonchev–Trinajstić information content (AvgIpc) is 2.99. The molecule has 2 nitrogen and oxygen atoms in total.